The molecule has 1 N–H and O–H groups in total. The maximum Gasteiger partial charge on any atom is 0.264 e. The first-order valence-corrected chi connectivity index (χ1v) is 17.2. The molecule has 0 aliphatic rings. The largest absolute Gasteiger partial charge is 0.494 e. The Balaban J connectivity index is 1.79. The van der Waals surface area contributed by atoms with Crippen molar-refractivity contribution in [2.45, 2.75) is 44.7 Å². The maximum atomic E-state index is 14.5. The predicted octanol–water partition coefficient (Wildman–Crippen LogP) is 6.49. The van der Waals surface area contributed by atoms with Gasteiger partial charge in [0.25, 0.3) is 10.0 Å². The SMILES string of the molecule is CCOc1ccc(N(CC(=O)N(Cc2ccc(Cl)cc2)C(Cc2ccccc2)C(=O)NCC(C)C)S(=O)(=O)c2ccc(F)cc2)cc1. The summed E-state index contributed by atoms with van der Waals surface area (Å²) in [6.07, 6.45) is 0.192. The lowest BCUT2D eigenvalue weighted by Crippen LogP contribution is -2.53. The Labute approximate surface area is 281 Å². The molecule has 0 fully saturated rings. The van der Waals surface area contributed by atoms with Crippen molar-refractivity contribution in [1.29, 1.82) is 0 Å². The number of nitrogens with one attached hydrogen (secondary N) is 1. The molecule has 8 nitrogen and oxygen atoms in total. The molecule has 0 aliphatic carbocycles. The Morgan fingerprint density at radius 1 is 0.872 bits per heavy atom. The number of carbonyl (C=O) groups excluding carboxylic acids is 2. The summed E-state index contributed by atoms with van der Waals surface area (Å²) in [6, 6.07) is 25.9. The Morgan fingerprint density at radius 2 is 1.51 bits per heavy atom. The van der Waals surface area contributed by atoms with Crippen LogP contribution in [0.2, 0.25) is 5.02 Å². The summed E-state index contributed by atoms with van der Waals surface area (Å²) >= 11 is 6.14. The van der Waals surface area contributed by atoms with E-state index < -0.39 is 34.3 Å². The number of amides is 2. The molecule has 248 valence electrons. The number of rotatable bonds is 15. The van der Waals surface area contributed by atoms with Crippen LogP contribution in [-0.2, 0) is 32.6 Å². The molecule has 4 aromatic rings. The Morgan fingerprint density at radius 3 is 2.11 bits per heavy atom. The van der Waals surface area contributed by atoms with E-state index in [4.69, 9.17) is 16.3 Å². The fraction of sp³-hybridized carbons (Fsp3) is 0.278. The van der Waals surface area contributed by atoms with Crippen molar-refractivity contribution in [3.63, 3.8) is 0 Å². The van der Waals surface area contributed by atoms with Gasteiger partial charge in [-0.15, -0.1) is 0 Å². The van der Waals surface area contributed by atoms with Crippen LogP contribution in [0.4, 0.5) is 10.1 Å². The lowest BCUT2D eigenvalue weighted by molar-refractivity contribution is -0.140. The molecule has 0 saturated heterocycles. The van der Waals surface area contributed by atoms with Crippen LogP contribution in [0, 0.1) is 11.7 Å². The molecule has 11 heteroatoms. The van der Waals surface area contributed by atoms with Crippen molar-refractivity contribution in [3.8, 4) is 5.75 Å². The van der Waals surface area contributed by atoms with Crippen LogP contribution in [0.25, 0.3) is 0 Å². The van der Waals surface area contributed by atoms with E-state index in [0.29, 0.717) is 29.5 Å². The number of hydrogen-bond acceptors (Lipinski definition) is 5. The number of benzene rings is 4. The van der Waals surface area contributed by atoms with Crippen LogP contribution in [-0.4, -0.2) is 50.9 Å². The first-order valence-electron chi connectivity index (χ1n) is 15.3. The van der Waals surface area contributed by atoms with Gasteiger partial charge < -0.3 is 15.0 Å². The van der Waals surface area contributed by atoms with Gasteiger partial charge in [0.1, 0.15) is 24.2 Å². The normalized spacial score (nSPS) is 12.0. The smallest absolute Gasteiger partial charge is 0.264 e. The quantitative estimate of drug-likeness (QED) is 0.155. The molecular weight excluding hydrogens is 641 g/mol. The highest BCUT2D eigenvalue weighted by Gasteiger charge is 2.34. The molecule has 0 spiro atoms. The fourth-order valence-electron chi connectivity index (χ4n) is 4.90. The van der Waals surface area contributed by atoms with E-state index in [0.717, 1.165) is 34.1 Å². The third kappa shape index (κ3) is 9.79. The highest BCUT2D eigenvalue weighted by atomic mass is 35.5. The van der Waals surface area contributed by atoms with E-state index in [2.05, 4.69) is 5.32 Å². The van der Waals surface area contributed by atoms with Gasteiger partial charge in [0.05, 0.1) is 17.2 Å². The van der Waals surface area contributed by atoms with Gasteiger partial charge in [0.2, 0.25) is 11.8 Å². The van der Waals surface area contributed by atoms with Crippen LogP contribution >= 0.6 is 11.6 Å². The van der Waals surface area contributed by atoms with E-state index in [1.807, 2.05) is 51.1 Å². The average molecular weight is 680 g/mol. The molecule has 47 heavy (non-hydrogen) atoms. The molecule has 0 bridgehead atoms. The van der Waals surface area contributed by atoms with Gasteiger partial charge in [-0.3, -0.25) is 13.9 Å². The zero-order chi connectivity index (χ0) is 34.0. The molecule has 1 unspecified atom stereocenters. The minimum Gasteiger partial charge on any atom is -0.494 e. The van der Waals surface area contributed by atoms with Gasteiger partial charge in [0.15, 0.2) is 0 Å². The molecular formula is C36H39ClFN3O5S. The number of halogens is 2. The molecule has 0 aromatic heterocycles. The maximum absolute atomic E-state index is 14.5. The predicted molar refractivity (Wildman–Crippen MR) is 182 cm³/mol. The highest BCUT2D eigenvalue weighted by molar-refractivity contribution is 7.92. The number of nitrogens with zero attached hydrogens (tertiary/aromatic N) is 2. The molecule has 0 radical (unpaired) electrons. The summed E-state index contributed by atoms with van der Waals surface area (Å²) in [6.45, 7) is 5.95. The third-order valence-electron chi connectivity index (χ3n) is 7.34. The Hall–Kier alpha value is -4.41. The number of hydrogen-bond donors (Lipinski definition) is 1. The first kappa shape index (κ1) is 35.4. The molecule has 4 aromatic carbocycles. The fourth-order valence-corrected chi connectivity index (χ4v) is 6.44. The summed E-state index contributed by atoms with van der Waals surface area (Å²) in [7, 11) is -4.37. The zero-order valence-electron chi connectivity index (χ0n) is 26.6. The molecule has 0 aliphatic heterocycles. The van der Waals surface area contributed by atoms with Crippen molar-refractivity contribution in [2.75, 3.05) is 24.0 Å². The highest BCUT2D eigenvalue weighted by Crippen LogP contribution is 2.27. The van der Waals surface area contributed by atoms with Crippen molar-refractivity contribution in [2.24, 2.45) is 5.92 Å². The summed E-state index contributed by atoms with van der Waals surface area (Å²) in [4.78, 5) is 29.6. The van der Waals surface area contributed by atoms with E-state index in [-0.39, 0.29) is 35.4 Å². The summed E-state index contributed by atoms with van der Waals surface area (Å²) in [5.74, 6) is -0.888. The lowest BCUT2D eigenvalue weighted by Gasteiger charge is -2.34. The van der Waals surface area contributed by atoms with E-state index in [9.17, 15) is 22.4 Å². The molecule has 1 atom stereocenters. The van der Waals surface area contributed by atoms with Crippen LogP contribution in [0.15, 0.2) is 108 Å². The summed E-state index contributed by atoms with van der Waals surface area (Å²) in [5, 5.41) is 3.47. The van der Waals surface area contributed by atoms with Gasteiger partial charge in [-0.25, -0.2) is 12.8 Å². The number of ether oxygens (including phenoxy) is 1. The standard InChI is InChI=1S/C36H39ClFN3O5S/c1-4-46-32-18-16-31(17-19-32)41(47(44,45)33-20-14-30(38)15-21-33)25-35(42)40(24-28-10-12-29(37)13-11-28)34(36(43)39-23-26(2)3)22-27-8-6-5-7-9-27/h5-21,26,34H,4,22-25H2,1-3H3,(H,39,43). The minimum atomic E-state index is -4.37. The Kier molecular flexibility index (Phi) is 12.4. The zero-order valence-corrected chi connectivity index (χ0v) is 28.2. The number of carbonyl (C=O) groups is 2. The minimum absolute atomic E-state index is 0.0102. The summed E-state index contributed by atoms with van der Waals surface area (Å²) in [5.41, 5.74) is 1.72. The van der Waals surface area contributed by atoms with Gasteiger partial charge in [0, 0.05) is 24.5 Å². The second-order valence-electron chi connectivity index (χ2n) is 11.4. The third-order valence-corrected chi connectivity index (χ3v) is 9.38. The summed E-state index contributed by atoms with van der Waals surface area (Å²) < 4.78 is 48.5. The second-order valence-corrected chi connectivity index (χ2v) is 13.7. The Bertz CT molecular complexity index is 1720. The second kappa shape index (κ2) is 16.4. The van der Waals surface area contributed by atoms with E-state index >= 15 is 0 Å². The van der Waals surface area contributed by atoms with E-state index in [1.54, 1.807) is 48.5 Å². The van der Waals surface area contributed by atoms with Gasteiger partial charge in [-0.05, 0) is 84.6 Å². The van der Waals surface area contributed by atoms with Gasteiger partial charge in [-0.2, -0.15) is 0 Å². The van der Waals surface area contributed by atoms with Crippen LogP contribution in [0.3, 0.4) is 0 Å². The van der Waals surface area contributed by atoms with Crippen LogP contribution in [0.1, 0.15) is 31.9 Å². The number of sulfonamides is 1. The van der Waals surface area contributed by atoms with Gasteiger partial charge >= 0.3 is 0 Å². The molecule has 2 amide bonds. The average Bonchev–Trinajstić information content (AvgIpc) is 3.06. The first-order chi connectivity index (χ1) is 22.5. The topological polar surface area (TPSA) is 96.0 Å². The molecule has 4 rings (SSSR count). The van der Waals surface area contributed by atoms with Crippen molar-refractivity contribution >= 4 is 39.1 Å². The molecule has 0 saturated carbocycles. The number of anilines is 1. The van der Waals surface area contributed by atoms with Gasteiger partial charge in [-0.1, -0.05) is 67.9 Å². The van der Waals surface area contributed by atoms with Crippen LogP contribution in [0.5, 0.6) is 5.75 Å². The van der Waals surface area contributed by atoms with E-state index in [1.165, 1.54) is 4.90 Å². The van der Waals surface area contributed by atoms with Crippen molar-refractivity contribution < 1.29 is 27.1 Å². The van der Waals surface area contributed by atoms with Crippen molar-refractivity contribution in [3.05, 3.63) is 125 Å². The monoisotopic (exact) mass is 679 g/mol. The van der Waals surface area contributed by atoms with Crippen LogP contribution < -0.4 is 14.4 Å². The lowest BCUT2D eigenvalue weighted by atomic mass is 10.0. The molecule has 0 heterocycles. The van der Waals surface area contributed by atoms with Crippen molar-refractivity contribution in [1.82, 2.24) is 10.2 Å².